The fourth-order valence-corrected chi connectivity index (χ4v) is 1.93. The fraction of sp³-hybridized carbons (Fsp3) is 1.00. The highest BCUT2D eigenvalue weighted by atomic mass is 32.2. The van der Waals surface area contributed by atoms with Crippen molar-refractivity contribution in [3.63, 3.8) is 0 Å². The van der Waals surface area contributed by atoms with E-state index in [9.17, 15) is 13.5 Å². The van der Waals surface area contributed by atoms with E-state index in [0.717, 1.165) is 12.8 Å². The molecule has 0 aromatic carbocycles. The largest absolute Gasteiger partial charge is 0.361 e. The first kappa shape index (κ1) is 13.8. The van der Waals surface area contributed by atoms with Crippen LogP contribution < -0.4 is 5.32 Å². The van der Waals surface area contributed by atoms with Gasteiger partial charge in [0, 0.05) is 6.42 Å². The zero-order valence-electron chi connectivity index (χ0n) is 8.65. The van der Waals surface area contributed by atoms with Crippen LogP contribution in [0.1, 0.15) is 39.5 Å². The lowest BCUT2D eigenvalue weighted by Gasteiger charge is -2.25. The third-order valence-corrected chi connectivity index (χ3v) is 3.20. The Balaban J connectivity index is 4.41. The summed E-state index contributed by atoms with van der Waals surface area (Å²) < 4.78 is 30.6. The van der Waals surface area contributed by atoms with E-state index < -0.39 is 15.2 Å². The molecule has 1 atom stereocenters. The maximum atomic E-state index is 10.9. The van der Waals surface area contributed by atoms with Gasteiger partial charge < -0.3 is 5.11 Å². The second-order valence-corrected chi connectivity index (χ2v) is 4.87. The molecule has 0 saturated heterocycles. The summed E-state index contributed by atoms with van der Waals surface area (Å²) in [6, 6.07) is 0. The Morgan fingerprint density at radius 3 is 2.21 bits per heavy atom. The zero-order valence-corrected chi connectivity index (χ0v) is 9.47. The minimum atomic E-state index is -4.46. The van der Waals surface area contributed by atoms with E-state index in [0.29, 0.717) is 6.42 Å². The molecule has 0 heterocycles. The van der Waals surface area contributed by atoms with Crippen molar-refractivity contribution in [3.05, 3.63) is 0 Å². The van der Waals surface area contributed by atoms with Crippen molar-refractivity contribution in [1.29, 1.82) is 0 Å². The van der Waals surface area contributed by atoms with E-state index in [4.69, 9.17) is 4.55 Å². The quantitative estimate of drug-likeness (QED) is 0.337. The summed E-state index contributed by atoms with van der Waals surface area (Å²) in [5.41, 5.74) is 0. The Labute approximate surface area is 85.3 Å². The second-order valence-electron chi connectivity index (χ2n) is 3.25. The summed E-state index contributed by atoms with van der Waals surface area (Å²) in [4.78, 5) is 0. The van der Waals surface area contributed by atoms with Gasteiger partial charge in [-0.2, -0.15) is 8.42 Å². The molecule has 0 aliphatic heterocycles. The molecule has 0 aromatic heterocycles. The van der Waals surface area contributed by atoms with Crippen molar-refractivity contribution < 1.29 is 18.1 Å². The van der Waals surface area contributed by atoms with Gasteiger partial charge in [-0.05, 0) is 13.0 Å². The SMILES string of the molecule is CCCCCC(O)(NCC)S(=O)(=O)O. The highest BCUT2D eigenvalue weighted by Crippen LogP contribution is 2.17. The van der Waals surface area contributed by atoms with E-state index in [1.807, 2.05) is 6.92 Å². The first-order valence-corrected chi connectivity index (χ1v) is 6.26. The number of hydrogen-bond acceptors (Lipinski definition) is 4. The first-order valence-electron chi connectivity index (χ1n) is 4.81. The van der Waals surface area contributed by atoms with Crippen LogP contribution in [0.3, 0.4) is 0 Å². The lowest BCUT2D eigenvalue weighted by atomic mass is 10.2. The van der Waals surface area contributed by atoms with Gasteiger partial charge in [0.15, 0.2) is 0 Å². The van der Waals surface area contributed by atoms with Gasteiger partial charge >= 0.3 is 10.1 Å². The summed E-state index contributed by atoms with van der Waals surface area (Å²) in [5, 5.41) is 9.82. The van der Waals surface area contributed by atoms with Crippen LogP contribution in [0.4, 0.5) is 0 Å². The van der Waals surface area contributed by atoms with Crippen molar-refractivity contribution in [2.45, 2.75) is 44.6 Å². The van der Waals surface area contributed by atoms with Crippen molar-refractivity contribution in [3.8, 4) is 0 Å². The van der Waals surface area contributed by atoms with E-state index >= 15 is 0 Å². The lowest BCUT2D eigenvalue weighted by Crippen LogP contribution is -2.51. The van der Waals surface area contributed by atoms with Crippen LogP contribution >= 0.6 is 0 Å². The predicted octanol–water partition coefficient (Wildman–Crippen LogP) is 0.710. The van der Waals surface area contributed by atoms with Gasteiger partial charge in [-0.1, -0.05) is 26.7 Å². The molecular formula is C8H19NO4S. The Kier molecular flexibility index (Phi) is 5.58. The molecule has 0 bridgehead atoms. The van der Waals surface area contributed by atoms with Crippen molar-refractivity contribution in [2.75, 3.05) is 6.54 Å². The van der Waals surface area contributed by atoms with Crippen LogP contribution in [0.2, 0.25) is 0 Å². The van der Waals surface area contributed by atoms with Gasteiger partial charge in [0.05, 0.1) is 0 Å². The molecule has 0 aliphatic rings. The Morgan fingerprint density at radius 1 is 1.29 bits per heavy atom. The average Bonchev–Trinajstić information content (AvgIpc) is 2.03. The maximum Gasteiger partial charge on any atom is 0.309 e. The fourth-order valence-electron chi connectivity index (χ4n) is 1.20. The molecule has 6 heteroatoms. The van der Waals surface area contributed by atoms with E-state index in [-0.39, 0.29) is 13.0 Å². The molecular weight excluding hydrogens is 206 g/mol. The lowest BCUT2D eigenvalue weighted by molar-refractivity contribution is 0.0682. The highest BCUT2D eigenvalue weighted by Gasteiger charge is 2.39. The van der Waals surface area contributed by atoms with Gasteiger partial charge in [0.2, 0.25) is 5.06 Å². The molecule has 5 nitrogen and oxygen atoms in total. The number of nitrogens with one attached hydrogen (secondary N) is 1. The van der Waals surface area contributed by atoms with Gasteiger partial charge in [0.1, 0.15) is 0 Å². The maximum absolute atomic E-state index is 10.9. The number of rotatable bonds is 7. The summed E-state index contributed by atoms with van der Waals surface area (Å²) in [6.07, 6.45) is 2.31. The molecule has 3 N–H and O–H groups in total. The molecule has 0 aliphatic carbocycles. The van der Waals surface area contributed by atoms with Crippen LogP contribution in [-0.4, -0.2) is 29.7 Å². The third kappa shape index (κ3) is 3.91. The van der Waals surface area contributed by atoms with Crippen LogP contribution in [0.25, 0.3) is 0 Å². The summed E-state index contributed by atoms with van der Waals surface area (Å²) >= 11 is 0. The van der Waals surface area contributed by atoms with Crippen molar-refractivity contribution in [1.82, 2.24) is 5.32 Å². The van der Waals surface area contributed by atoms with Crippen LogP contribution in [0, 0.1) is 0 Å². The first-order chi connectivity index (χ1) is 6.37. The van der Waals surface area contributed by atoms with Gasteiger partial charge in [-0.3, -0.25) is 9.87 Å². The van der Waals surface area contributed by atoms with E-state index in [2.05, 4.69) is 5.32 Å². The molecule has 0 aromatic rings. The Morgan fingerprint density at radius 2 is 1.86 bits per heavy atom. The smallest absolute Gasteiger partial charge is 0.309 e. The summed E-state index contributed by atoms with van der Waals surface area (Å²) in [6.45, 7) is 3.91. The standard InChI is InChI=1S/C8H19NO4S/c1-3-5-6-7-8(10,9-4-2)14(11,12)13/h9-10H,3-7H2,1-2H3,(H,11,12,13). The third-order valence-electron chi connectivity index (χ3n) is 2.00. The molecule has 86 valence electrons. The molecule has 14 heavy (non-hydrogen) atoms. The van der Waals surface area contributed by atoms with Crippen molar-refractivity contribution >= 4 is 10.1 Å². The summed E-state index contributed by atoms with van der Waals surface area (Å²) in [5.74, 6) is 0. The van der Waals surface area contributed by atoms with Gasteiger partial charge in [0.25, 0.3) is 0 Å². The van der Waals surface area contributed by atoms with Crippen LogP contribution in [0.5, 0.6) is 0 Å². The molecule has 0 amide bonds. The Hall–Kier alpha value is -0.170. The highest BCUT2D eigenvalue weighted by molar-refractivity contribution is 7.87. The zero-order chi connectivity index (χ0) is 11.2. The topological polar surface area (TPSA) is 86.6 Å². The average molecular weight is 225 g/mol. The molecule has 0 rings (SSSR count). The minimum Gasteiger partial charge on any atom is -0.361 e. The van der Waals surface area contributed by atoms with Crippen molar-refractivity contribution in [2.24, 2.45) is 0 Å². The predicted molar refractivity (Wildman–Crippen MR) is 54.3 cm³/mol. The van der Waals surface area contributed by atoms with Gasteiger partial charge in [-0.15, -0.1) is 0 Å². The Bertz CT molecular complexity index is 252. The normalized spacial score (nSPS) is 16.6. The molecule has 0 fully saturated rings. The van der Waals surface area contributed by atoms with Crippen LogP contribution in [-0.2, 0) is 10.1 Å². The molecule has 0 radical (unpaired) electrons. The number of unbranched alkanes of at least 4 members (excludes halogenated alkanes) is 2. The summed E-state index contributed by atoms with van der Waals surface area (Å²) in [7, 11) is -4.46. The monoisotopic (exact) mass is 225 g/mol. The van der Waals surface area contributed by atoms with E-state index in [1.54, 1.807) is 6.92 Å². The van der Waals surface area contributed by atoms with Gasteiger partial charge in [-0.25, -0.2) is 0 Å². The number of hydrogen-bond donors (Lipinski definition) is 3. The van der Waals surface area contributed by atoms with Crippen LogP contribution in [0.15, 0.2) is 0 Å². The molecule has 0 spiro atoms. The molecule has 1 unspecified atom stereocenters. The second kappa shape index (κ2) is 5.65. The molecule has 0 saturated carbocycles. The van der Waals surface area contributed by atoms with E-state index in [1.165, 1.54) is 0 Å². The minimum absolute atomic E-state index is 0.00745. The number of aliphatic hydroxyl groups is 1.